The molecule has 0 saturated carbocycles. The standard InChI is InChI=1S/C14H20N4OS/c1-10-9-20-13(16-10)7-18-5-4-11-6-15-17(2)14(11)12(18)8-19-3/h6,9,12H,4-5,7-8H2,1-3H3/t12-/m1/s1. The minimum absolute atomic E-state index is 0.264. The Kier molecular flexibility index (Phi) is 3.87. The highest BCUT2D eigenvalue weighted by molar-refractivity contribution is 7.09. The summed E-state index contributed by atoms with van der Waals surface area (Å²) in [4.78, 5) is 7.03. The van der Waals surface area contributed by atoms with E-state index < -0.39 is 0 Å². The molecule has 3 heterocycles. The van der Waals surface area contributed by atoms with Crippen LogP contribution >= 0.6 is 11.3 Å². The summed E-state index contributed by atoms with van der Waals surface area (Å²) < 4.78 is 7.42. The largest absolute Gasteiger partial charge is 0.383 e. The first kappa shape index (κ1) is 13.7. The van der Waals surface area contributed by atoms with Crippen LogP contribution in [0.25, 0.3) is 0 Å². The van der Waals surface area contributed by atoms with Crippen LogP contribution in [-0.2, 0) is 24.8 Å². The van der Waals surface area contributed by atoms with Crippen LogP contribution in [0.15, 0.2) is 11.6 Å². The Morgan fingerprint density at radius 3 is 3.05 bits per heavy atom. The van der Waals surface area contributed by atoms with Gasteiger partial charge in [-0.05, 0) is 18.9 Å². The minimum Gasteiger partial charge on any atom is -0.383 e. The molecule has 0 unspecified atom stereocenters. The topological polar surface area (TPSA) is 43.2 Å². The third kappa shape index (κ3) is 2.51. The van der Waals surface area contributed by atoms with E-state index in [2.05, 4.69) is 20.4 Å². The summed E-state index contributed by atoms with van der Waals surface area (Å²) >= 11 is 1.73. The van der Waals surface area contributed by atoms with Crippen molar-refractivity contribution < 1.29 is 4.74 Å². The molecule has 1 aliphatic rings. The van der Waals surface area contributed by atoms with Crippen molar-refractivity contribution in [3.8, 4) is 0 Å². The average Bonchev–Trinajstić information content (AvgIpc) is 3.00. The molecule has 0 radical (unpaired) electrons. The van der Waals surface area contributed by atoms with E-state index in [9.17, 15) is 0 Å². The van der Waals surface area contributed by atoms with Gasteiger partial charge in [-0.25, -0.2) is 4.98 Å². The maximum atomic E-state index is 5.44. The summed E-state index contributed by atoms with van der Waals surface area (Å²) in [6, 6.07) is 0.264. The Morgan fingerprint density at radius 1 is 1.50 bits per heavy atom. The fraction of sp³-hybridized carbons (Fsp3) is 0.571. The molecule has 3 rings (SSSR count). The monoisotopic (exact) mass is 292 g/mol. The Balaban J connectivity index is 1.85. The van der Waals surface area contributed by atoms with Crippen LogP contribution in [0.5, 0.6) is 0 Å². The zero-order valence-electron chi connectivity index (χ0n) is 12.2. The molecule has 2 aromatic heterocycles. The number of rotatable bonds is 4. The third-order valence-electron chi connectivity index (χ3n) is 3.82. The molecule has 2 aromatic rings. The zero-order chi connectivity index (χ0) is 14.1. The van der Waals surface area contributed by atoms with Gasteiger partial charge in [0, 0.05) is 31.8 Å². The van der Waals surface area contributed by atoms with E-state index in [1.165, 1.54) is 16.3 Å². The van der Waals surface area contributed by atoms with Crippen molar-refractivity contribution in [3.05, 3.63) is 33.5 Å². The van der Waals surface area contributed by atoms with Crippen LogP contribution in [0.1, 0.15) is 28.0 Å². The maximum absolute atomic E-state index is 5.44. The van der Waals surface area contributed by atoms with Crippen molar-refractivity contribution >= 4 is 11.3 Å². The van der Waals surface area contributed by atoms with Gasteiger partial charge in [0.25, 0.3) is 0 Å². The molecule has 1 aliphatic heterocycles. The van der Waals surface area contributed by atoms with Gasteiger partial charge in [-0.15, -0.1) is 11.3 Å². The fourth-order valence-electron chi connectivity index (χ4n) is 2.89. The van der Waals surface area contributed by atoms with E-state index in [1.54, 1.807) is 18.4 Å². The lowest BCUT2D eigenvalue weighted by atomic mass is 10.0. The molecule has 0 aromatic carbocycles. The Morgan fingerprint density at radius 2 is 2.35 bits per heavy atom. The second-order valence-electron chi connectivity index (χ2n) is 5.25. The number of fused-ring (bicyclic) bond motifs is 1. The minimum atomic E-state index is 0.264. The highest BCUT2D eigenvalue weighted by Crippen LogP contribution is 2.31. The highest BCUT2D eigenvalue weighted by atomic mass is 32.1. The van der Waals surface area contributed by atoms with Gasteiger partial charge in [-0.3, -0.25) is 9.58 Å². The van der Waals surface area contributed by atoms with Gasteiger partial charge in [-0.1, -0.05) is 0 Å². The molecule has 1 atom stereocenters. The fourth-order valence-corrected chi connectivity index (χ4v) is 3.68. The van der Waals surface area contributed by atoms with E-state index in [4.69, 9.17) is 4.74 Å². The van der Waals surface area contributed by atoms with Crippen molar-refractivity contribution in [2.24, 2.45) is 7.05 Å². The molecule has 0 aliphatic carbocycles. The van der Waals surface area contributed by atoms with Crippen molar-refractivity contribution in [3.63, 3.8) is 0 Å². The molecular formula is C14H20N4OS. The van der Waals surface area contributed by atoms with Crippen molar-refractivity contribution in [2.45, 2.75) is 25.9 Å². The first-order chi connectivity index (χ1) is 9.69. The van der Waals surface area contributed by atoms with Crippen LogP contribution in [0.3, 0.4) is 0 Å². The second-order valence-corrected chi connectivity index (χ2v) is 6.20. The predicted molar refractivity (Wildman–Crippen MR) is 78.8 cm³/mol. The molecule has 0 bridgehead atoms. The van der Waals surface area contributed by atoms with Crippen molar-refractivity contribution in [1.82, 2.24) is 19.7 Å². The first-order valence-corrected chi connectivity index (χ1v) is 7.71. The van der Waals surface area contributed by atoms with E-state index >= 15 is 0 Å². The summed E-state index contributed by atoms with van der Waals surface area (Å²) in [5, 5.41) is 7.68. The average molecular weight is 292 g/mol. The molecule has 20 heavy (non-hydrogen) atoms. The molecule has 0 N–H and O–H groups in total. The smallest absolute Gasteiger partial charge is 0.107 e. The maximum Gasteiger partial charge on any atom is 0.107 e. The Labute approximate surface area is 123 Å². The number of thiazole rings is 1. The molecular weight excluding hydrogens is 272 g/mol. The van der Waals surface area contributed by atoms with Crippen LogP contribution in [0, 0.1) is 6.92 Å². The number of aryl methyl sites for hydroxylation is 2. The number of ether oxygens (including phenoxy) is 1. The second kappa shape index (κ2) is 5.63. The van der Waals surface area contributed by atoms with E-state index in [-0.39, 0.29) is 6.04 Å². The highest BCUT2D eigenvalue weighted by Gasteiger charge is 2.30. The molecule has 0 fully saturated rings. The van der Waals surface area contributed by atoms with E-state index in [1.807, 2.05) is 24.9 Å². The lowest BCUT2D eigenvalue weighted by Gasteiger charge is -2.35. The van der Waals surface area contributed by atoms with Crippen LogP contribution in [-0.4, -0.2) is 39.9 Å². The Hall–Kier alpha value is -1.24. The number of nitrogens with zero attached hydrogens (tertiary/aromatic N) is 4. The summed E-state index contributed by atoms with van der Waals surface area (Å²) in [6.07, 6.45) is 3.04. The molecule has 0 saturated heterocycles. The molecule has 108 valence electrons. The van der Waals surface area contributed by atoms with Crippen LogP contribution in [0.4, 0.5) is 0 Å². The van der Waals surface area contributed by atoms with Gasteiger partial charge in [-0.2, -0.15) is 5.10 Å². The lowest BCUT2D eigenvalue weighted by molar-refractivity contribution is 0.0733. The lowest BCUT2D eigenvalue weighted by Crippen LogP contribution is -2.38. The molecule has 0 spiro atoms. The summed E-state index contributed by atoms with van der Waals surface area (Å²) in [6.45, 7) is 4.65. The first-order valence-electron chi connectivity index (χ1n) is 6.84. The quantitative estimate of drug-likeness (QED) is 0.863. The number of hydrogen-bond acceptors (Lipinski definition) is 5. The van der Waals surface area contributed by atoms with Gasteiger partial charge in [0.05, 0.1) is 31.1 Å². The summed E-state index contributed by atoms with van der Waals surface area (Å²) in [7, 11) is 3.77. The van der Waals surface area contributed by atoms with Crippen molar-refractivity contribution in [2.75, 3.05) is 20.3 Å². The number of aromatic nitrogens is 3. The zero-order valence-corrected chi connectivity index (χ0v) is 13.0. The molecule has 0 amide bonds. The summed E-state index contributed by atoms with van der Waals surface area (Å²) in [5.74, 6) is 0. The van der Waals surface area contributed by atoms with Crippen LogP contribution in [0.2, 0.25) is 0 Å². The Bertz CT molecular complexity index is 592. The predicted octanol–water partition coefficient (Wildman–Crippen LogP) is 1.93. The van der Waals surface area contributed by atoms with Crippen molar-refractivity contribution in [1.29, 1.82) is 0 Å². The number of methoxy groups -OCH3 is 1. The molecule has 6 heteroatoms. The normalized spacial score (nSPS) is 19.2. The SMILES string of the molecule is COC[C@@H]1c2c(cnn2C)CCN1Cc1nc(C)cs1. The van der Waals surface area contributed by atoms with Gasteiger partial charge < -0.3 is 4.74 Å². The molecule has 5 nitrogen and oxygen atoms in total. The number of hydrogen-bond donors (Lipinski definition) is 0. The van der Waals surface area contributed by atoms with Gasteiger partial charge in [0.2, 0.25) is 0 Å². The third-order valence-corrected chi connectivity index (χ3v) is 4.77. The van der Waals surface area contributed by atoms with E-state index in [0.29, 0.717) is 6.61 Å². The van der Waals surface area contributed by atoms with Gasteiger partial charge in [0.15, 0.2) is 0 Å². The van der Waals surface area contributed by atoms with Gasteiger partial charge >= 0.3 is 0 Å². The van der Waals surface area contributed by atoms with Crippen LogP contribution < -0.4 is 0 Å². The van der Waals surface area contributed by atoms with Gasteiger partial charge in [0.1, 0.15) is 5.01 Å². The van der Waals surface area contributed by atoms with E-state index in [0.717, 1.165) is 25.2 Å². The summed E-state index contributed by atoms with van der Waals surface area (Å²) in [5.41, 5.74) is 3.74.